The fourth-order valence-electron chi connectivity index (χ4n) is 2.10. The van der Waals surface area contributed by atoms with Gasteiger partial charge < -0.3 is 20.6 Å². The van der Waals surface area contributed by atoms with Crippen LogP contribution in [-0.4, -0.2) is 23.7 Å². The summed E-state index contributed by atoms with van der Waals surface area (Å²) < 4.78 is 5.21. The Kier molecular flexibility index (Phi) is 6.75. The van der Waals surface area contributed by atoms with Crippen LogP contribution in [0.15, 0.2) is 27.8 Å². The fraction of sp³-hybridized carbons (Fsp3) is 0.688. The van der Waals surface area contributed by atoms with E-state index in [0.717, 1.165) is 12.3 Å². The number of aliphatic hydroxyl groups is 1. The highest BCUT2D eigenvalue weighted by atomic mass is 16.4. The molecule has 0 radical (unpaired) electrons. The number of guanidine groups is 1. The molecule has 1 aromatic rings. The Morgan fingerprint density at radius 3 is 2.71 bits per heavy atom. The minimum Gasteiger partial charge on any atom is -0.466 e. The third-order valence-electron chi connectivity index (χ3n) is 3.42. The maximum atomic E-state index is 10.3. The summed E-state index contributed by atoms with van der Waals surface area (Å²) in [6, 6.07) is 3.75. The molecule has 2 unspecified atom stereocenters. The number of rotatable bonds is 8. The first-order chi connectivity index (χ1) is 9.81. The highest BCUT2D eigenvalue weighted by molar-refractivity contribution is 5.78. The molecule has 0 aromatic carbocycles. The SMILES string of the molecule is CC(C)CCCC(C)NC(N)=NCC(C)(O)c1ccco1. The second-order valence-corrected chi connectivity index (χ2v) is 6.32. The summed E-state index contributed by atoms with van der Waals surface area (Å²) in [5, 5.41) is 13.4. The summed E-state index contributed by atoms with van der Waals surface area (Å²) in [5.41, 5.74) is 4.72. The zero-order valence-electron chi connectivity index (χ0n) is 13.6. The summed E-state index contributed by atoms with van der Waals surface area (Å²) in [5.74, 6) is 1.58. The Bertz CT molecular complexity index is 425. The number of furan rings is 1. The van der Waals surface area contributed by atoms with Gasteiger partial charge in [-0.15, -0.1) is 0 Å². The quantitative estimate of drug-likeness (QED) is 0.508. The molecule has 1 aromatic heterocycles. The van der Waals surface area contributed by atoms with E-state index in [2.05, 4.69) is 31.1 Å². The smallest absolute Gasteiger partial charge is 0.188 e. The first-order valence-electron chi connectivity index (χ1n) is 7.64. The Morgan fingerprint density at radius 1 is 1.43 bits per heavy atom. The monoisotopic (exact) mass is 295 g/mol. The van der Waals surface area contributed by atoms with E-state index in [1.165, 1.54) is 19.1 Å². The van der Waals surface area contributed by atoms with E-state index in [9.17, 15) is 5.11 Å². The van der Waals surface area contributed by atoms with Crippen molar-refractivity contribution in [3.63, 3.8) is 0 Å². The van der Waals surface area contributed by atoms with Gasteiger partial charge in [-0.3, -0.25) is 0 Å². The molecule has 2 atom stereocenters. The Hall–Kier alpha value is -1.49. The van der Waals surface area contributed by atoms with Crippen LogP contribution in [0, 0.1) is 5.92 Å². The van der Waals surface area contributed by atoms with Crippen molar-refractivity contribution in [1.82, 2.24) is 5.32 Å². The van der Waals surface area contributed by atoms with Crippen LogP contribution in [0.4, 0.5) is 0 Å². The molecule has 5 heteroatoms. The fourth-order valence-corrected chi connectivity index (χ4v) is 2.10. The van der Waals surface area contributed by atoms with Crippen LogP contribution in [0.3, 0.4) is 0 Å². The third-order valence-corrected chi connectivity index (χ3v) is 3.42. The van der Waals surface area contributed by atoms with Crippen molar-refractivity contribution in [1.29, 1.82) is 0 Å². The molecule has 120 valence electrons. The lowest BCUT2D eigenvalue weighted by molar-refractivity contribution is 0.0437. The van der Waals surface area contributed by atoms with Crippen LogP contribution in [0.2, 0.25) is 0 Å². The molecule has 0 saturated carbocycles. The van der Waals surface area contributed by atoms with Crippen LogP contribution in [0.1, 0.15) is 52.7 Å². The molecule has 0 saturated heterocycles. The number of hydrogen-bond donors (Lipinski definition) is 3. The Balaban J connectivity index is 2.39. The van der Waals surface area contributed by atoms with Gasteiger partial charge in [-0.05, 0) is 38.3 Å². The normalized spacial score (nSPS) is 16.8. The second kappa shape index (κ2) is 8.08. The first kappa shape index (κ1) is 17.6. The van der Waals surface area contributed by atoms with Crippen molar-refractivity contribution in [2.45, 2.75) is 58.6 Å². The second-order valence-electron chi connectivity index (χ2n) is 6.32. The molecular weight excluding hydrogens is 266 g/mol. The number of aliphatic imine (C=N–C) groups is 1. The molecule has 4 N–H and O–H groups in total. The van der Waals surface area contributed by atoms with Gasteiger partial charge in [0.05, 0.1) is 12.8 Å². The molecule has 21 heavy (non-hydrogen) atoms. The van der Waals surface area contributed by atoms with Gasteiger partial charge in [-0.25, -0.2) is 4.99 Å². The third kappa shape index (κ3) is 6.67. The van der Waals surface area contributed by atoms with Gasteiger partial charge in [-0.2, -0.15) is 0 Å². The average molecular weight is 295 g/mol. The van der Waals surface area contributed by atoms with E-state index in [-0.39, 0.29) is 12.6 Å². The molecule has 0 aliphatic rings. The first-order valence-corrected chi connectivity index (χ1v) is 7.64. The summed E-state index contributed by atoms with van der Waals surface area (Å²) in [6.07, 6.45) is 4.98. The zero-order chi connectivity index (χ0) is 15.9. The van der Waals surface area contributed by atoms with Gasteiger partial charge in [0.25, 0.3) is 0 Å². The summed E-state index contributed by atoms with van der Waals surface area (Å²) in [4.78, 5) is 4.21. The summed E-state index contributed by atoms with van der Waals surface area (Å²) >= 11 is 0. The largest absolute Gasteiger partial charge is 0.466 e. The van der Waals surface area contributed by atoms with E-state index in [4.69, 9.17) is 10.2 Å². The van der Waals surface area contributed by atoms with E-state index in [1.54, 1.807) is 19.1 Å². The molecule has 0 aliphatic heterocycles. The maximum absolute atomic E-state index is 10.3. The van der Waals surface area contributed by atoms with Crippen molar-refractivity contribution in [3.05, 3.63) is 24.2 Å². The maximum Gasteiger partial charge on any atom is 0.188 e. The highest BCUT2D eigenvalue weighted by Gasteiger charge is 2.25. The lowest BCUT2D eigenvalue weighted by atomic mass is 10.0. The molecule has 1 heterocycles. The van der Waals surface area contributed by atoms with E-state index < -0.39 is 5.60 Å². The van der Waals surface area contributed by atoms with E-state index >= 15 is 0 Å². The van der Waals surface area contributed by atoms with Crippen LogP contribution in [0.25, 0.3) is 0 Å². The molecule has 0 aliphatic carbocycles. The number of hydrogen-bond acceptors (Lipinski definition) is 3. The van der Waals surface area contributed by atoms with Crippen LogP contribution in [0.5, 0.6) is 0 Å². The molecule has 0 spiro atoms. The lowest BCUT2D eigenvalue weighted by Gasteiger charge is -2.19. The van der Waals surface area contributed by atoms with Crippen LogP contribution >= 0.6 is 0 Å². The zero-order valence-corrected chi connectivity index (χ0v) is 13.6. The summed E-state index contributed by atoms with van der Waals surface area (Å²) in [6.45, 7) is 8.37. The van der Waals surface area contributed by atoms with Crippen molar-refractivity contribution < 1.29 is 9.52 Å². The summed E-state index contributed by atoms with van der Waals surface area (Å²) in [7, 11) is 0. The molecule has 1 rings (SSSR count). The molecule has 0 bridgehead atoms. The number of nitrogens with one attached hydrogen (secondary N) is 1. The topological polar surface area (TPSA) is 83.8 Å². The Labute approximate surface area is 127 Å². The van der Waals surface area contributed by atoms with Crippen molar-refractivity contribution >= 4 is 5.96 Å². The van der Waals surface area contributed by atoms with Crippen molar-refractivity contribution in [2.24, 2.45) is 16.6 Å². The molecule has 5 nitrogen and oxygen atoms in total. The van der Waals surface area contributed by atoms with Gasteiger partial charge >= 0.3 is 0 Å². The minimum atomic E-state index is -1.14. The van der Waals surface area contributed by atoms with Crippen molar-refractivity contribution in [3.8, 4) is 0 Å². The van der Waals surface area contributed by atoms with Gasteiger partial charge in [0, 0.05) is 6.04 Å². The molecular formula is C16H29N3O2. The van der Waals surface area contributed by atoms with E-state index in [1.807, 2.05) is 0 Å². The predicted octanol–water partition coefficient (Wildman–Crippen LogP) is 2.61. The number of nitrogens with zero attached hydrogens (tertiary/aromatic N) is 1. The average Bonchev–Trinajstić information content (AvgIpc) is 2.90. The minimum absolute atomic E-state index is 0.165. The van der Waals surface area contributed by atoms with Gasteiger partial charge in [0.1, 0.15) is 11.4 Å². The standard InChI is InChI=1S/C16H29N3O2/c1-12(2)7-5-8-13(3)19-15(17)18-11-16(4,20)14-9-6-10-21-14/h6,9-10,12-13,20H,5,7-8,11H2,1-4H3,(H3,17,18,19). The lowest BCUT2D eigenvalue weighted by Crippen LogP contribution is -2.39. The molecule has 0 amide bonds. The van der Waals surface area contributed by atoms with Gasteiger partial charge in [-0.1, -0.05) is 26.7 Å². The van der Waals surface area contributed by atoms with E-state index in [0.29, 0.717) is 11.7 Å². The van der Waals surface area contributed by atoms with Crippen LogP contribution < -0.4 is 11.1 Å². The van der Waals surface area contributed by atoms with Crippen LogP contribution in [-0.2, 0) is 5.60 Å². The van der Waals surface area contributed by atoms with Crippen molar-refractivity contribution in [2.75, 3.05) is 6.54 Å². The Morgan fingerprint density at radius 2 is 2.14 bits per heavy atom. The number of nitrogens with two attached hydrogens (primary N) is 1. The molecule has 0 fully saturated rings. The van der Waals surface area contributed by atoms with Gasteiger partial charge in [0.2, 0.25) is 0 Å². The van der Waals surface area contributed by atoms with Gasteiger partial charge in [0.15, 0.2) is 5.96 Å². The highest BCUT2D eigenvalue weighted by Crippen LogP contribution is 2.20. The predicted molar refractivity (Wildman–Crippen MR) is 86.1 cm³/mol.